The second-order valence-corrected chi connectivity index (χ2v) is 14.5. The fraction of sp³-hybridized carbons (Fsp3) is 0. The number of benzene rings is 2. The number of thiophene rings is 3. The molecule has 0 unspecified atom stereocenters. The molecule has 0 aliphatic rings. The first kappa shape index (κ1) is 32.9. The molecule has 8 nitrogen and oxygen atoms in total. The summed E-state index contributed by atoms with van der Waals surface area (Å²) in [6.45, 7) is 0.704. The predicted molar refractivity (Wildman–Crippen MR) is 209 cm³/mol. The second-order valence-electron chi connectivity index (χ2n) is 11.3. The second kappa shape index (κ2) is 14.9. The molecule has 0 amide bonds. The SMILES string of the molecule is O=COc1ccnc(-c2cc(OC=O)cc(-c3cc(-c4ccc(-c5ccc(-c6ccc(N(c7ccccc7)c7ccccc7)s6)s5)s4)ccn3)n2)c1. The van der Waals surface area contributed by atoms with Gasteiger partial charge in [-0.2, -0.15) is 0 Å². The minimum Gasteiger partial charge on any atom is -0.429 e. The molecule has 0 fully saturated rings. The lowest BCUT2D eigenvalue weighted by Gasteiger charge is -2.23. The van der Waals surface area contributed by atoms with Crippen LogP contribution in [0.3, 0.4) is 0 Å². The summed E-state index contributed by atoms with van der Waals surface area (Å²) < 4.78 is 10.2. The van der Waals surface area contributed by atoms with Crippen LogP contribution in [-0.2, 0) is 9.59 Å². The predicted octanol–water partition coefficient (Wildman–Crippen LogP) is 10.9. The standard InChI is InChI=1S/C41H26N4O4S3/c46-25-48-30-18-20-43-33(22-30)35-24-31(49-26-47)23-34(44-35)32-21-27(17-19-42-32)36-11-12-37(50-36)38-13-14-39(51-38)40-15-16-41(52-40)45(28-7-3-1-4-8-28)29-9-5-2-6-10-29/h1-26H. The Balaban J connectivity index is 1.06. The van der Waals surface area contributed by atoms with Gasteiger partial charge in [0.25, 0.3) is 12.9 Å². The minimum atomic E-state index is 0.281. The van der Waals surface area contributed by atoms with E-state index in [0.717, 1.165) is 26.8 Å². The summed E-state index contributed by atoms with van der Waals surface area (Å²) in [6.07, 6.45) is 3.25. The number of aromatic nitrogens is 3. The lowest BCUT2D eigenvalue weighted by Crippen LogP contribution is -2.07. The number of carbonyl (C=O) groups is 2. The number of hydrogen-bond acceptors (Lipinski definition) is 11. The fourth-order valence-corrected chi connectivity index (χ4v) is 8.90. The van der Waals surface area contributed by atoms with Gasteiger partial charge in [0.2, 0.25) is 0 Å². The summed E-state index contributed by atoms with van der Waals surface area (Å²) in [5.74, 6) is 0.595. The van der Waals surface area contributed by atoms with E-state index in [1.54, 1.807) is 64.5 Å². The fourth-order valence-electron chi connectivity index (χ4n) is 5.66. The molecule has 6 heterocycles. The van der Waals surface area contributed by atoms with E-state index in [4.69, 9.17) is 14.5 Å². The normalized spacial score (nSPS) is 10.8. The monoisotopic (exact) mass is 734 g/mol. The molecule has 8 rings (SSSR count). The maximum absolute atomic E-state index is 11.3. The van der Waals surface area contributed by atoms with Crippen LogP contribution in [0.5, 0.6) is 11.5 Å². The molecular weight excluding hydrogens is 709 g/mol. The van der Waals surface area contributed by atoms with E-state index < -0.39 is 0 Å². The number of anilines is 3. The third-order valence-electron chi connectivity index (χ3n) is 8.01. The molecule has 52 heavy (non-hydrogen) atoms. The van der Waals surface area contributed by atoms with E-state index in [1.165, 1.54) is 25.7 Å². The van der Waals surface area contributed by atoms with E-state index in [0.29, 0.717) is 41.5 Å². The maximum Gasteiger partial charge on any atom is 0.298 e. The van der Waals surface area contributed by atoms with Gasteiger partial charge in [-0.15, -0.1) is 34.0 Å². The van der Waals surface area contributed by atoms with Crippen molar-refractivity contribution in [3.63, 3.8) is 0 Å². The van der Waals surface area contributed by atoms with Crippen LogP contribution in [0, 0.1) is 0 Å². The smallest absolute Gasteiger partial charge is 0.298 e. The number of carbonyl (C=O) groups excluding carboxylic acids is 2. The van der Waals surface area contributed by atoms with E-state index in [2.05, 4.69) is 99.8 Å². The third kappa shape index (κ3) is 7.01. The van der Waals surface area contributed by atoms with Crippen LogP contribution in [0.2, 0.25) is 0 Å². The van der Waals surface area contributed by atoms with Crippen molar-refractivity contribution in [1.82, 2.24) is 15.0 Å². The summed E-state index contributed by atoms with van der Waals surface area (Å²) in [4.78, 5) is 44.0. The molecular formula is C41H26N4O4S3. The summed E-state index contributed by atoms with van der Waals surface area (Å²) >= 11 is 5.26. The molecule has 6 aromatic heterocycles. The summed E-state index contributed by atoms with van der Waals surface area (Å²) in [5, 5.41) is 1.15. The van der Waals surface area contributed by atoms with E-state index in [9.17, 15) is 9.59 Å². The molecule has 8 aromatic rings. The van der Waals surface area contributed by atoms with Crippen molar-refractivity contribution in [2.45, 2.75) is 0 Å². The van der Waals surface area contributed by atoms with E-state index >= 15 is 0 Å². The molecule has 252 valence electrons. The largest absolute Gasteiger partial charge is 0.429 e. The summed E-state index contributed by atoms with van der Waals surface area (Å²) in [5.41, 5.74) is 5.17. The molecule has 0 aliphatic heterocycles. The first-order chi connectivity index (χ1) is 25.6. The van der Waals surface area contributed by atoms with Gasteiger partial charge < -0.3 is 14.4 Å². The zero-order chi connectivity index (χ0) is 35.3. The van der Waals surface area contributed by atoms with Gasteiger partial charge in [0.1, 0.15) is 16.5 Å². The number of nitrogens with zero attached hydrogens (tertiary/aromatic N) is 4. The zero-order valence-corrected chi connectivity index (χ0v) is 29.6. The number of ether oxygens (including phenoxy) is 2. The van der Waals surface area contributed by atoms with E-state index in [1.807, 2.05) is 24.3 Å². The molecule has 0 N–H and O–H groups in total. The molecule has 2 aromatic carbocycles. The lowest BCUT2D eigenvalue weighted by atomic mass is 10.1. The van der Waals surface area contributed by atoms with Crippen molar-refractivity contribution in [3.8, 4) is 64.2 Å². The Hall–Kier alpha value is -6.27. The molecule has 0 saturated carbocycles. The number of hydrogen-bond donors (Lipinski definition) is 0. The Bertz CT molecular complexity index is 2460. The van der Waals surface area contributed by atoms with Crippen molar-refractivity contribution in [2.75, 3.05) is 4.90 Å². The van der Waals surface area contributed by atoms with Crippen LogP contribution in [0.4, 0.5) is 16.4 Å². The molecule has 0 spiro atoms. The molecule has 0 radical (unpaired) electrons. The Kier molecular flexibility index (Phi) is 9.44. The average molecular weight is 735 g/mol. The Morgan fingerprint density at radius 3 is 1.62 bits per heavy atom. The number of rotatable bonds is 12. The molecule has 0 bridgehead atoms. The van der Waals surface area contributed by atoms with Crippen molar-refractivity contribution in [2.24, 2.45) is 0 Å². The van der Waals surface area contributed by atoms with Gasteiger partial charge in [-0.25, -0.2) is 4.98 Å². The molecule has 0 atom stereocenters. The van der Waals surface area contributed by atoms with Gasteiger partial charge in [-0.05, 0) is 84.4 Å². The van der Waals surface area contributed by atoms with Crippen LogP contribution < -0.4 is 14.4 Å². The average Bonchev–Trinajstić information content (AvgIpc) is 3.99. The van der Waals surface area contributed by atoms with E-state index in [-0.39, 0.29) is 5.75 Å². The van der Waals surface area contributed by atoms with Crippen LogP contribution >= 0.6 is 34.0 Å². The third-order valence-corrected chi connectivity index (χ3v) is 11.7. The summed E-state index contributed by atoms with van der Waals surface area (Å²) in [7, 11) is 0. The number of para-hydroxylation sites is 2. The van der Waals surface area contributed by atoms with Gasteiger partial charge in [0, 0.05) is 66.4 Å². The number of pyridine rings is 3. The summed E-state index contributed by atoms with van der Waals surface area (Å²) in [6, 6.07) is 44.2. The molecule has 11 heteroatoms. The van der Waals surface area contributed by atoms with Gasteiger partial charge in [-0.1, -0.05) is 36.4 Å². The van der Waals surface area contributed by atoms with Gasteiger partial charge in [0.05, 0.1) is 22.8 Å². The van der Waals surface area contributed by atoms with Crippen molar-refractivity contribution >= 4 is 63.3 Å². The maximum atomic E-state index is 11.3. The first-order valence-electron chi connectivity index (χ1n) is 16.0. The van der Waals surface area contributed by atoms with Gasteiger partial charge in [0.15, 0.2) is 0 Å². The Morgan fingerprint density at radius 1 is 0.481 bits per heavy atom. The Morgan fingerprint density at radius 2 is 0.981 bits per heavy atom. The molecule has 0 saturated heterocycles. The zero-order valence-electron chi connectivity index (χ0n) is 27.2. The van der Waals surface area contributed by atoms with Crippen molar-refractivity contribution in [3.05, 3.63) is 146 Å². The highest BCUT2D eigenvalue weighted by Crippen LogP contribution is 2.46. The van der Waals surface area contributed by atoms with Gasteiger partial charge in [-0.3, -0.25) is 19.6 Å². The lowest BCUT2D eigenvalue weighted by molar-refractivity contribution is -0.121. The quantitative estimate of drug-likeness (QED) is 0.115. The van der Waals surface area contributed by atoms with Crippen molar-refractivity contribution in [1.29, 1.82) is 0 Å². The van der Waals surface area contributed by atoms with Crippen molar-refractivity contribution < 1.29 is 19.1 Å². The highest BCUT2D eigenvalue weighted by atomic mass is 32.1. The highest BCUT2D eigenvalue weighted by Gasteiger charge is 2.17. The van der Waals surface area contributed by atoms with Crippen LogP contribution in [0.1, 0.15) is 0 Å². The highest BCUT2D eigenvalue weighted by molar-refractivity contribution is 7.28. The van der Waals surface area contributed by atoms with Crippen LogP contribution in [0.15, 0.2) is 146 Å². The van der Waals surface area contributed by atoms with Gasteiger partial charge >= 0.3 is 0 Å². The topological polar surface area (TPSA) is 94.5 Å². The Labute approximate surface area is 310 Å². The minimum absolute atomic E-state index is 0.281. The molecule has 0 aliphatic carbocycles. The van der Waals surface area contributed by atoms with Crippen LogP contribution in [0.25, 0.3) is 52.7 Å². The van der Waals surface area contributed by atoms with Crippen LogP contribution in [-0.4, -0.2) is 27.9 Å². The first-order valence-corrected chi connectivity index (χ1v) is 18.5.